The van der Waals surface area contributed by atoms with Crippen molar-refractivity contribution in [2.75, 3.05) is 105 Å². The molecule has 1 aliphatic rings. The molecule has 1 rings (SSSR count). The maximum absolute atomic E-state index is 12.6. The van der Waals surface area contributed by atoms with Gasteiger partial charge in [0.15, 0.2) is 0 Å². The second-order valence-corrected chi connectivity index (χ2v) is 15.4. The fraction of sp³-hybridized carbons (Fsp3) is 0.780. The number of hydrogen-bond acceptors (Lipinski definition) is 15. The van der Waals surface area contributed by atoms with Crippen molar-refractivity contribution in [3.05, 3.63) is 0 Å². The third-order valence-corrected chi connectivity index (χ3v) is 10.1. The van der Waals surface area contributed by atoms with Crippen molar-refractivity contribution in [3.8, 4) is 0 Å². The van der Waals surface area contributed by atoms with Gasteiger partial charge in [0.05, 0.1) is 58.1 Å². The zero-order chi connectivity index (χ0) is 47.1. The number of unbranched alkanes of at least 4 members (excludes halogenated alkanes) is 1. The van der Waals surface area contributed by atoms with Gasteiger partial charge < -0.3 is 62.0 Å². The Bertz CT molecular complexity index is 1380. The minimum Gasteiger partial charge on any atom is -0.378 e. The van der Waals surface area contributed by atoms with E-state index in [1.807, 2.05) is 20.9 Å². The molecule has 0 saturated carbocycles. The standard InChI is InChI=1S/C39H69N9O12S.C2H6/c1-29(40)6-5-27-61-31-28-37(54)48(39(31)56)18-12-35(52)43-13-4-3-7-30(38(41)55)47-36(53)11-10-34(51)46-17-22-60-26-25-59-21-16-45-33(50)9-8-32(49)44-15-20-58-24-23-57-19-14-42-2;1-2/h30-31,40,42H,3-28H2,1-2H3,(H2,41,55)(H,43,52)(H,44,49)(H,45,50)(H,46,51)(H,47,53);1-2H3. The maximum Gasteiger partial charge on any atom is 0.242 e. The first-order valence-corrected chi connectivity index (χ1v) is 23.0. The van der Waals surface area contributed by atoms with Crippen molar-refractivity contribution in [2.24, 2.45) is 5.73 Å². The van der Waals surface area contributed by atoms with Crippen molar-refractivity contribution < 1.29 is 57.3 Å². The van der Waals surface area contributed by atoms with Gasteiger partial charge in [0, 0.05) is 83.5 Å². The SMILES string of the molecule is CC.CNCCOCCOCCNC(=O)CCC(=O)NCCOCCOCCNC(=O)CCC(=O)NC(CCCCNC(=O)CCN1C(=O)CC(SCCCC(C)=N)C1=O)C(N)=O. The number of carbonyl (C=O) groups excluding carboxylic acids is 8. The van der Waals surface area contributed by atoms with Gasteiger partial charge in [-0.05, 0) is 51.8 Å². The molecule has 1 fully saturated rings. The Morgan fingerprint density at radius 2 is 1.13 bits per heavy atom. The summed E-state index contributed by atoms with van der Waals surface area (Å²) in [6, 6.07) is -0.940. The van der Waals surface area contributed by atoms with E-state index < -0.39 is 23.1 Å². The third-order valence-electron chi connectivity index (χ3n) is 8.80. The van der Waals surface area contributed by atoms with Crippen LogP contribution in [0.1, 0.15) is 91.4 Å². The minimum absolute atomic E-state index is 0.00229. The van der Waals surface area contributed by atoms with Crippen molar-refractivity contribution in [2.45, 2.75) is 103 Å². The van der Waals surface area contributed by atoms with Gasteiger partial charge in [0.1, 0.15) is 6.04 Å². The number of hydrogen-bond donors (Lipinski definition) is 8. The smallest absolute Gasteiger partial charge is 0.242 e. The molecule has 63 heavy (non-hydrogen) atoms. The Balaban J connectivity index is 0.0000189. The lowest BCUT2D eigenvalue weighted by molar-refractivity contribution is -0.138. The molecule has 0 spiro atoms. The molecule has 0 bridgehead atoms. The molecular formula is C41H75N9O12S. The summed E-state index contributed by atoms with van der Waals surface area (Å²) in [5.74, 6) is -2.33. The highest BCUT2D eigenvalue weighted by Crippen LogP contribution is 2.26. The van der Waals surface area contributed by atoms with Gasteiger partial charge in [0.2, 0.25) is 47.3 Å². The van der Waals surface area contributed by atoms with Crippen molar-refractivity contribution >= 4 is 64.7 Å². The Morgan fingerprint density at radius 1 is 0.667 bits per heavy atom. The number of thioether (sulfide) groups is 1. The lowest BCUT2D eigenvalue weighted by Gasteiger charge is -2.16. The quantitative estimate of drug-likeness (QED) is 0.0220. The lowest BCUT2D eigenvalue weighted by Crippen LogP contribution is -2.44. The van der Waals surface area contributed by atoms with Gasteiger partial charge in [-0.1, -0.05) is 13.8 Å². The lowest BCUT2D eigenvalue weighted by atomic mass is 10.1. The van der Waals surface area contributed by atoms with Crippen LogP contribution in [-0.4, -0.2) is 174 Å². The van der Waals surface area contributed by atoms with Gasteiger partial charge in [-0.2, -0.15) is 0 Å². The second-order valence-electron chi connectivity index (χ2n) is 14.1. The first-order chi connectivity index (χ1) is 30.3. The normalized spacial score (nSPS) is 13.7. The zero-order valence-electron chi connectivity index (χ0n) is 37.9. The molecular weight excluding hydrogens is 843 g/mol. The molecule has 2 atom stereocenters. The number of carbonyl (C=O) groups is 8. The fourth-order valence-corrected chi connectivity index (χ4v) is 6.59. The Kier molecular flexibility index (Phi) is 36.7. The minimum atomic E-state index is -0.940. The van der Waals surface area contributed by atoms with Gasteiger partial charge in [-0.3, -0.25) is 43.3 Å². The number of nitrogens with one attached hydrogen (secondary N) is 7. The second kappa shape index (κ2) is 39.4. The van der Waals surface area contributed by atoms with E-state index in [1.54, 1.807) is 6.92 Å². The number of likely N-dealkylation sites (N-methyl/N-ethyl adjacent to an activating group) is 1. The third kappa shape index (κ3) is 33.0. The molecule has 1 saturated heterocycles. The summed E-state index contributed by atoms with van der Waals surface area (Å²) in [5.41, 5.74) is 6.03. The molecule has 1 aliphatic heterocycles. The largest absolute Gasteiger partial charge is 0.378 e. The average molecular weight is 918 g/mol. The van der Waals surface area contributed by atoms with E-state index in [9.17, 15) is 38.4 Å². The van der Waals surface area contributed by atoms with E-state index >= 15 is 0 Å². The Labute approximate surface area is 376 Å². The molecule has 0 aromatic carbocycles. The average Bonchev–Trinajstić information content (AvgIpc) is 3.53. The number of ether oxygens (including phenoxy) is 4. The number of primary amides is 1. The first-order valence-electron chi connectivity index (χ1n) is 21.9. The molecule has 9 N–H and O–H groups in total. The van der Waals surface area contributed by atoms with E-state index in [1.165, 1.54) is 11.8 Å². The number of imide groups is 1. The van der Waals surface area contributed by atoms with Crippen molar-refractivity contribution in [1.29, 1.82) is 5.41 Å². The Morgan fingerprint density at radius 3 is 1.60 bits per heavy atom. The summed E-state index contributed by atoms with van der Waals surface area (Å²) < 4.78 is 21.5. The number of likely N-dealkylation sites (tertiary alicyclic amines) is 1. The Hall–Kier alpha value is -4.22. The highest BCUT2D eigenvalue weighted by molar-refractivity contribution is 8.00. The number of amides is 8. The van der Waals surface area contributed by atoms with E-state index in [-0.39, 0.29) is 126 Å². The van der Waals surface area contributed by atoms with Crippen molar-refractivity contribution in [1.82, 2.24) is 36.8 Å². The first kappa shape index (κ1) is 58.8. The monoisotopic (exact) mass is 918 g/mol. The summed E-state index contributed by atoms with van der Waals surface area (Å²) in [4.78, 5) is 98.6. The van der Waals surface area contributed by atoms with Gasteiger partial charge >= 0.3 is 0 Å². The van der Waals surface area contributed by atoms with E-state index in [4.69, 9.17) is 30.1 Å². The van der Waals surface area contributed by atoms with Crippen molar-refractivity contribution in [3.63, 3.8) is 0 Å². The fourth-order valence-electron chi connectivity index (χ4n) is 5.46. The molecule has 1 heterocycles. The summed E-state index contributed by atoms with van der Waals surface area (Å²) >= 11 is 1.41. The molecule has 22 heteroatoms. The molecule has 21 nitrogen and oxygen atoms in total. The van der Waals surface area contributed by atoms with E-state index in [0.29, 0.717) is 70.2 Å². The van der Waals surface area contributed by atoms with Crippen LogP contribution in [0.4, 0.5) is 0 Å². The highest BCUT2D eigenvalue weighted by Gasteiger charge is 2.38. The van der Waals surface area contributed by atoms with Crippen LogP contribution in [0.25, 0.3) is 0 Å². The van der Waals surface area contributed by atoms with Gasteiger partial charge in [0.25, 0.3) is 0 Å². The highest BCUT2D eigenvalue weighted by atomic mass is 32.2. The van der Waals surface area contributed by atoms with Gasteiger partial charge in [-0.25, -0.2) is 0 Å². The van der Waals surface area contributed by atoms with Crippen LogP contribution >= 0.6 is 11.8 Å². The molecule has 0 aromatic rings. The van der Waals surface area contributed by atoms with Crippen LogP contribution < -0.4 is 37.6 Å². The molecule has 2 unspecified atom stereocenters. The van der Waals surface area contributed by atoms with Crippen LogP contribution in [0.15, 0.2) is 0 Å². The maximum atomic E-state index is 12.6. The topological polar surface area (TPSA) is 299 Å². The van der Waals surface area contributed by atoms with Crippen LogP contribution in [0.3, 0.4) is 0 Å². The summed E-state index contributed by atoms with van der Waals surface area (Å²) in [6.07, 6.45) is 2.55. The molecule has 0 aromatic heterocycles. The van der Waals surface area contributed by atoms with Gasteiger partial charge in [-0.15, -0.1) is 11.8 Å². The number of nitrogens with zero attached hydrogens (tertiary/aromatic N) is 1. The zero-order valence-corrected chi connectivity index (χ0v) is 38.7. The summed E-state index contributed by atoms with van der Waals surface area (Å²) in [6.45, 7) is 10.5. The van der Waals surface area contributed by atoms with Crippen LogP contribution in [0.5, 0.6) is 0 Å². The van der Waals surface area contributed by atoms with Crippen LogP contribution in [0.2, 0.25) is 0 Å². The molecule has 362 valence electrons. The molecule has 8 amide bonds. The summed E-state index contributed by atoms with van der Waals surface area (Å²) in [5, 5.41) is 23.3. The molecule has 0 radical (unpaired) electrons. The summed E-state index contributed by atoms with van der Waals surface area (Å²) in [7, 11) is 1.84. The predicted molar refractivity (Wildman–Crippen MR) is 239 cm³/mol. The van der Waals surface area contributed by atoms with E-state index in [0.717, 1.165) is 17.9 Å². The number of nitrogens with two attached hydrogens (primary N) is 1. The van der Waals surface area contributed by atoms with Crippen LogP contribution in [-0.2, 0) is 57.3 Å². The number of rotatable bonds is 39. The van der Waals surface area contributed by atoms with Crippen LogP contribution in [0, 0.1) is 5.41 Å². The predicted octanol–water partition coefficient (Wildman–Crippen LogP) is -0.465. The molecule has 0 aliphatic carbocycles. The van der Waals surface area contributed by atoms with E-state index in [2.05, 4.69) is 31.9 Å².